The standard InChI is InChI=1S/C16H22O3S/c1-12-2-9-15(10-3-12)20(17,18)19-16-11-6-13-4-7-14(16)8-5-13/h2-3,9-10,13-14,16H,4-8,11H2,1H3/t13?,14?,16-/m0/s1/i14+1. The molecule has 3 aliphatic rings. The summed E-state index contributed by atoms with van der Waals surface area (Å²) in [6.45, 7) is 1.95. The van der Waals surface area contributed by atoms with Gasteiger partial charge in [0.15, 0.2) is 0 Å². The second-order valence-electron chi connectivity index (χ2n) is 6.26. The minimum Gasteiger partial charge on any atom is -0.263 e. The highest BCUT2D eigenvalue weighted by atomic mass is 32.2. The number of rotatable bonds is 3. The molecule has 4 rings (SSSR count). The minimum atomic E-state index is -3.62. The van der Waals surface area contributed by atoms with Gasteiger partial charge >= 0.3 is 0 Å². The molecule has 0 N–H and O–H groups in total. The third kappa shape index (κ3) is 2.91. The molecule has 1 atom stereocenters. The molecule has 3 aliphatic carbocycles. The Bertz CT molecular complexity index is 554. The van der Waals surface area contributed by atoms with Crippen molar-refractivity contribution in [3.05, 3.63) is 29.8 Å². The molecular formula is C16H22O3S. The average Bonchev–Trinajstić information content (AvgIpc) is 2.73. The van der Waals surface area contributed by atoms with Gasteiger partial charge in [-0.1, -0.05) is 30.5 Å². The van der Waals surface area contributed by atoms with E-state index in [1.807, 2.05) is 19.1 Å². The lowest BCUT2D eigenvalue weighted by Crippen LogP contribution is -2.26. The molecule has 4 heteroatoms. The summed E-state index contributed by atoms with van der Waals surface area (Å²) in [4.78, 5) is 0.280. The van der Waals surface area contributed by atoms with E-state index in [0.717, 1.165) is 37.2 Å². The molecule has 1 aromatic carbocycles. The monoisotopic (exact) mass is 295 g/mol. The van der Waals surface area contributed by atoms with Gasteiger partial charge in [-0.2, -0.15) is 8.42 Å². The third-order valence-corrected chi connectivity index (χ3v) is 6.19. The van der Waals surface area contributed by atoms with Crippen molar-refractivity contribution >= 4 is 10.1 Å². The van der Waals surface area contributed by atoms with Crippen LogP contribution in [0, 0.1) is 18.8 Å². The number of hydrogen-bond acceptors (Lipinski definition) is 3. The number of hydrogen-bond donors (Lipinski definition) is 0. The number of aryl methyl sites for hydroxylation is 1. The normalized spacial score (nSPS) is 30.1. The van der Waals surface area contributed by atoms with E-state index in [-0.39, 0.29) is 11.0 Å². The van der Waals surface area contributed by atoms with Crippen molar-refractivity contribution in [3.63, 3.8) is 0 Å². The maximum Gasteiger partial charge on any atom is 0.297 e. The van der Waals surface area contributed by atoms with Crippen LogP contribution in [0.4, 0.5) is 0 Å². The Labute approximate surface area is 121 Å². The molecule has 0 aliphatic heterocycles. The van der Waals surface area contributed by atoms with Gasteiger partial charge < -0.3 is 0 Å². The van der Waals surface area contributed by atoms with Gasteiger partial charge in [0.05, 0.1) is 11.0 Å². The molecule has 3 saturated carbocycles. The molecule has 0 saturated heterocycles. The average molecular weight is 295 g/mol. The second kappa shape index (κ2) is 5.49. The first-order valence-corrected chi connectivity index (χ1v) is 8.95. The van der Waals surface area contributed by atoms with Crippen LogP contribution in [0.3, 0.4) is 0 Å². The van der Waals surface area contributed by atoms with Crippen LogP contribution in [-0.4, -0.2) is 14.5 Å². The Morgan fingerprint density at radius 2 is 1.55 bits per heavy atom. The zero-order valence-corrected chi connectivity index (χ0v) is 12.7. The lowest BCUT2D eigenvalue weighted by atomic mass is 9.93. The van der Waals surface area contributed by atoms with Gasteiger partial charge in [0, 0.05) is 0 Å². The van der Waals surface area contributed by atoms with Crippen molar-refractivity contribution in [2.75, 3.05) is 0 Å². The van der Waals surface area contributed by atoms with Gasteiger partial charge in [-0.05, 0) is 56.6 Å². The Balaban J connectivity index is 1.77. The fourth-order valence-corrected chi connectivity index (χ4v) is 4.69. The van der Waals surface area contributed by atoms with Crippen molar-refractivity contribution in [2.24, 2.45) is 11.8 Å². The van der Waals surface area contributed by atoms with Crippen LogP contribution in [-0.2, 0) is 14.3 Å². The van der Waals surface area contributed by atoms with Crippen LogP contribution in [0.15, 0.2) is 29.2 Å². The zero-order valence-electron chi connectivity index (χ0n) is 11.9. The van der Waals surface area contributed by atoms with Gasteiger partial charge in [-0.25, -0.2) is 0 Å². The summed E-state index contributed by atoms with van der Waals surface area (Å²) < 4.78 is 30.3. The predicted octanol–water partition coefficient (Wildman–Crippen LogP) is 3.67. The van der Waals surface area contributed by atoms with Gasteiger partial charge in [0.2, 0.25) is 0 Å². The molecule has 0 aromatic heterocycles. The van der Waals surface area contributed by atoms with Gasteiger partial charge in [0.25, 0.3) is 10.1 Å². The Kier molecular flexibility index (Phi) is 3.87. The topological polar surface area (TPSA) is 43.4 Å². The fraction of sp³-hybridized carbons (Fsp3) is 0.625. The maximum atomic E-state index is 12.4. The summed E-state index contributed by atoms with van der Waals surface area (Å²) >= 11 is 0. The number of benzene rings is 1. The molecule has 20 heavy (non-hydrogen) atoms. The third-order valence-electron chi connectivity index (χ3n) is 4.84. The van der Waals surface area contributed by atoms with Crippen LogP contribution in [0.5, 0.6) is 0 Å². The Morgan fingerprint density at radius 3 is 2.20 bits per heavy atom. The summed E-state index contributed by atoms with van der Waals surface area (Å²) in [6.07, 6.45) is 6.63. The van der Waals surface area contributed by atoms with Crippen molar-refractivity contribution in [1.82, 2.24) is 0 Å². The van der Waals surface area contributed by atoms with E-state index in [1.165, 1.54) is 12.8 Å². The van der Waals surface area contributed by atoms with E-state index in [2.05, 4.69) is 0 Å². The summed E-state index contributed by atoms with van der Waals surface area (Å²) in [5.41, 5.74) is 1.05. The van der Waals surface area contributed by atoms with Gasteiger partial charge in [0.1, 0.15) is 0 Å². The predicted molar refractivity (Wildman–Crippen MR) is 77.9 cm³/mol. The Hall–Kier alpha value is -0.870. The van der Waals surface area contributed by atoms with E-state index in [4.69, 9.17) is 4.18 Å². The molecule has 0 amide bonds. The number of fused-ring (bicyclic) bond motifs is 4. The first-order valence-electron chi connectivity index (χ1n) is 7.54. The van der Waals surface area contributed by atoms with Crippen LogP contribution in [0.1, 0.15) is 44.1 Å². The highest BCUT2D eigenvalue weighted by Gasteiger charge is 2.35. The highest BCUT2D eigenvalue weighted by molar-refractivity contribution is 7.86. The largest absolute Gasteiger partial charge is 0.297 e. The molecule has 1 aromatic rings. The molecule has 0 heterocycles. The second-order valence-corrected chi connectivity index (χ2v) is 7.83. The van der Waals surface area contributed by atoms with Crippen molar-refractivity contribution in [2.45, 2.75) is 56.4 Å². The van der Waals surface area contributed by atoms with Crippen LogP contribution >= 0.6 is 0 Å². The Morgan fingerprint density at radius 1 is 0.950 bits per heavy atom. The summed E-state index contributed by atoms with van der Waals surface area (Å²) in [7, 11) is -3.62. The van der Waals surface area contributed by atoms with E-state index in [0.29, 0.717) is 5.92 Å². The smallest absolute Gasteiger partial charge is 0.263 e. The molecule has 2 bridgehead atoms. The molecule has 0 radical (unpaired) electrons. The fourth-order valence-electron chi connectivity index (χ4n) is 3.53. The lowest BCUT2D eigenvalue weighted by Gasteiger charge is -2.27. The van der Waals surface area contributed by atoms with E-state index >= 15 is 0 Å². The quantitative estimate of drug-likeness (QED) is 0.631. The first-order chi connectivity index (χ1) is 9.54. The minimum absolute atomic E-state index is 0.117. The van der Waals surface area contributed by atoms with Crippen LogP contribution in [0.2, 0.25) is 0 Å². The molecule has 0 unspecified atom stereocenters. The SMILES string of the molecule is Cc1ccc(S(=O)(=O)O[C@H]2CCC3CC[13CH]2CC3)cc1. The molecule has 0 spiro atoms. The van der Waals surface area contributed by atoms with E-state index < -0.39 is 10.1 Å². The van der Waals surface area contributed by atoms with Crippen LogP contribution in [0.25, 0.3) is 0 Å². The van der Waals surface area contributed by atoms with Crippen molar-refractivity contribution < 1.29 is 12.6 Å². The highest BCUT2D eigenvalue weighted by Crippen LogP contribution is 2.41. The molecule has 110 valence electrons. The first kappa shape index (κ1) is 14.1. The molecular weight excluding hydrogens is 273 g/mol. The van der Waals surface area contributed by atoms with E-state index in [1.54, 1.807) is 12.1 Å². The van der Waals surface area contributed by atoms with Crippen molar-refractivity contribution in [1.29, 1.82) is 0 Å². The lowest BCUT2D eigenvalue weighted by molar-refractivity contribution is 0.125. The van der Waals surface area contributed by atoms with Crippen LogP contribution < -0.4 is 0 Å². The van der Waals surface area contributed by atoms with Gasteiger partial charge in [-0.3, -0.25) is 4.18 Å². The van der Waals surface area contributed by atoms with Crippen molar-refractivity contribution in [3.8, 4) is 0 Å². The summed E-state index contributed by atoms with van der Waals surface area (Å²) in [5.74, 6) is 1.22. The van der Waals surface area contributed by atoms with Gasteiger partial charge in [-0.15, -0.1) is 0 Å². The zero-order chi connectivity index (χ0) is 14.2. The maximum absolute atomic E-state index is 12.4. The molecule has 3 fully saturated rings. The summed E-state index contributed by atoms with van der Waals surface area (Å²) in [5, 5.41) is 0. The van der Waals surface area contributed by atoms with E-state index in [9.17, 15) is 8.42 Å². The molecule has 3 nitrogen and oxygen atoms in total. The summed E-state index contributed by atoms with van der Waals surface area (Å²) in [6, 6.07) is 6.90.